The van der Waals surface area contributed by atoms with Crippen LogP contribution in [0.25, 0.3) is 0 Å². The first-order valence-electron chi connectivity index (χ1n) is 9.62. The van der Waals surface area contributed by atoms with Gasteiger partial charge in [0.15, 0.2) is 0 Å². The van der Waals surface area contributed by atoms with Crippen molar-refractivity contribution >= 4 is 12.6 Å². The number of fused-ring (bicyclic) bond motifs is 1. The molecule has 3 atom stereocenters. The molecule has 2 aromatic rings. The van der Waals surface area contributed by atoms with E-state index in [1.165, 1.54) is 12.0 Å². The first-order valence-corrected chi connectivity index (χ1v) is 10.2. The van der Waals surface area contributed by atoms with Crippen molar-refractivity contribution in [3.63, 3.8) is 0 Å². The third-order valence-electron chi connectivity index (χ3n) is 6.44. The van der Waals surface area contributed by atoms with E-state index in [0.717, 1.165) is 43.2 Å². The van der Waals surface area contributed by atoms with Crippen molar-refractivity contribution in [1.29, 1.82) is 0 Å². The fraction of sp³-hybridized carbons (Fsp3) is 0.524. The number of nitrogens with zero attached hydrogens (tertiary/aromatic N) is 3. The summed E-state index contributed by atoms with van der Waals surface area (Å²) in [5, 5.41) is 0. The van der Waals surface area contributed by atoms with Crippen LogP contribution >= 0.6 is 12.6 Å². The molecule has 1 aromatic heterocycles. The predicted octanol–water partition coefficient (Wildman–Crippen LogP) is 2.94. The van der Waals surface area contributed by atoms with Gasteiger partial charge < -0.3 is 4.90 Å². The maximum Gasteiger partial charge on any atom is 0.256 e. The molecule has 3 unspecified atom stereocenters. The lowest BCUT2D eigenvalue weighted by molar-refractivity contribution is 0.191. The highest BCUT2D eigenvalue weighted by atomic mass is 32.1. The number of halogens is 1. The van der Waals surface area contributed by atoms with Gasteiger partial charge >= 0.3 is 0 Å². The van der Waals surface area contributed by atoms with Gasteiger partial charge in [-0.05, 0) is 55.2 Å². The van der Waals surface area contributed by atoms with Crippen molar-refractivity contribution in [2.45, 2.75) is 31.4 Å². The Morgan fingerprint density at radius 2 is 2.00 bits per heavy atom. The highest BCUT2D eigenvalue weighted by molar-refractivity contribution is 7.79. The van der Waals surface area contributed by atoms with Gasteiger partial charge in [-0.1, -0.05) is 12.1 Å². The normalized spacial score (nSPS) is 24.7. The molecule has 0 amide bonds. The van der Waals surface area contributed by atoms with Crippen LogP contribution in [0, 0.1) is 24.6 Å². The van der Waals surface area contributed by atoms with Gasteiger partial charge in [0.05, 0.1) is 0 Å². The monoisotopic (exact) mass is 387 g/mol. The summed E-state index contributed by atoms with van der Waals surface area (Å²) in [7, 11) is 1.77. The second kappa shape index (κ2) is 7.40. The molecular formula is C21H26FN3OS. The van der Waals surface area contributed by atoms with Crippen molar-refractivity contribution in [2.24, 2.45) is 18.9 Å². The number of likely N-dealkylation sites (tertiary alicyclic amines) is 1. The van der Waals surface area contributed by atoms with Gasteiger partial charge in [-0.2, -0.15) is 12.6 Å². The van der Waals surface area contributed by atoms with E-state index in [0.29, 0.717) is 23.4 Å². The molecular weight excluding hydrogens is 361 g/mol. The zero-order valence-electron chi connectivity index (χ0n) is 15.9. The van der Waals surface area contributed by atoms with Crippen molar-refractivity contribution < 1.29 is 4.39 Å². The molecule has 4 rings (SSSR count). The molecule has 1 aliphatic heterocycles. The van der Waals surface area contributed by atoms with E-state index in [1.807, 2.05) is 19.1 Å². The molecule has 4 nitrogen and oxygen atoms in total. The van der Waals surface area contributed by atoms with Crippen LogP contribution in [-0.4, -0.2) is 34.1 Å². The molecule has 6 heteroatoms. The van der Waals surface area contributed by atoms with E-state index < -0.39 is 0 Å². The Bertz CT molecular complexity index is 896. The van der Waals surface area contributed by atoms with Crippen LogP contribution in [0.15, 0.2) is 29.1 Å². The summed E-state index contributed by atoms with van der Waals surface area (Å²) in [6.45, 7) is 4.97. The SMILES string of the molecule is Cc1nc(CS)n(C)c(=O)c1CCN1CC2CC(c3ccc(F)cc3)C2C1. The predicted molar refractivity (Wildman–Crippen MR) is 108 cm³/mol. The van der Waals surface area contributed by atoms with E-state index in [-0.39, 0.29) is 11.4 Å². The lowest BCUT2D eigenvalue weighted by Crippen LogP contribution is -2.33. The molecule has 27 heavy (non-hydrogen) atoms. The summed E-state index contributed by atoms with van der Waals surface area (Å²) in [6, 6.07) is 6.99. The molecule has 0 N–H and O–H groups in total. The number of rotatable bonds is 5. The zero-order valence-corrected chi connectivity index (χ0v) is 16.8. The van der Waals surface area contributed by atoms with Crippen molar-refractivity contribution in [3.05, 3.63) is 63.1 Å². The minimum Gasteiger partial charge on any atom is -0.302 e. The van der Waals surface area contributed by atoms with E-state index >= 15 is 0 Å². The molecule has 144 valence electrons. The standard InChI is InChI=1S/C21H26FN3OS/c1-13-17(21(26)24(2)20(12-27)23-13)7-8-25-10-15-9-18(19(15)11-25)14-3-5-16(22)6-4-14/h3-6,15,18-19,27H,7-12H2,1-2H3. The Morgan fingerprint density at radius 3 is 2.70 bits per heavy atom. The molecule has 0 bridgehead atoms. The van der Waals surface area contributed by atoms with Crippen molar-refractivity contribution in [3.8, 4) is 0 Å². The Labute approximate surface area is 164 Å². The third kappa shape index (κ3) is 3.45. The largest absolute Gasteiger partial charge is 0.302 e. The molecule has 0 radical (unpaired) electrons. The van der Waals surface area contributed by atoms with Crippen LogP contribution in [-0.2, 0) is 19.2 Å². The third-order valence-corrected chi connectivity index (χ3v) is 6.72. The summed E-state index contributed by atoms with van der Waals surface area (Å²) in [6.07, 6.45) is 1.92. The average Bonchev–Trinajstić information content (AvgIpc) is 2.96. The molecule has 2 aliphatic rings. The van der Waals surface area contributed by atoms with Gasteiger partial charge in [0, 0.05) is 43.7 Å². The minimum absolute atomic E-state index is 0.0536. The summed E-state index contributed by atoms with van der Waals surface area (Å²) >= 11 is 4.25. The van der Waals surface area contributed by atoms with E-state index in [1.54, 1.807) is 23.7 Å². The first-order chi connectivity index (χ1) is 13.0. The lowest BCUT2D eigenvalue weighted by Gasteiger charge is -2.40. The maximum atomic E-state index is 13.2. The van der Waals surface area contributed by atoms with Crippen molar-refractivity contribution in [2.75, 3.05) is 19.6 Å². The van der Waals surface area contributed by atoms with Gasteiger partial charge in [-0.15, -0.1) is 0 Å². The summed E-state index contributed by atoms with van der Waals surface area (Å²) < 4.78 is 14.8. The Hall–Kier alpha value is -1.66. The Kier molecular flexibility index (Phi) is 5.12. The van der Waals surface area contributed by atoms with E-state index in [4.69, 9.17) is 0 Å². The fourth-order valence-corrected chi connectivity index (χ4v) is 5.07. The van der Waals surface area contributed by atoms with Gasteiger partial charge in [-0.3, -0.25) is 9.36 Å². The topological polar surface area (TPSA) is 38.1 Å². The number of thiol groups is 1. The molecule has 1 saturated carbocycles. The zero-order chi connectivity index (χ0) is 19.1. The van der Waals surface area contributed by atoms with E-state index in [9.17, 15) is 9.18 Å². The lowest BCUT2D eigenvalue weighted by atomic mass is 9.64. The van der Waals surface area contributed by atoms with Crippen LogP contribution in [0.2, 0.25) is 0 Å². The van der Waals surface area contributed by atoms with Crippen LogP contribution in [0.3, 0.4) is 0 Å². The number of aryl methyl sites for hydroxylation is 1. The second-order valence-corrected chi connectivity index (χ2v) is 8.26. The van der Waals surface area contributed by atoms with Gasteiger partial charge in [0.1, 0.15) is 11.6 Å². The van der Waals surface area contributed by atoms with E-state index in [2.05, 4.69) is 22.5 Å². The van der Waals surface area contributed by atoms with Gasteiger partial charge in [0.25, 0.3) is 5.56 Å². The minimum atomic E-state index is -0.169. The van der Waals surface area contributed by atoms with Crippen LogP contribution in [0.5, 0.6) is 0 Å². The highest BCUT2D eigenvalue weighted by Crippen LogP contribution is 2.51. The van der Waals surface area contributed by atoms with Gasteiger partial charge in [-0.25, -0.2) is 9.37 Å². The van der Waals surface area contributed by atoms with Gasteiger partial charge in [0.2, 0.25) is 0 Å². The average molecular weight is 388 g/mol. The molecule has 0 spiro atoms. The molecule has 2 heterocycles. The first kappa shape index (κ1) is 18.7. The maximum absolute atomic E-state index is 13.2. The molecule has 1 saturated heterocycles. The summed E-state index contributed by atoms with van der Waals surface area (Å²) in [4.78, 5) is 19.6. The fourth-order valence-electron chi connectivity index (χ4n) is 4.78. The molecule has 1 aliphatic carbocycles. The van der Waals surface area contributed by atoms with Crippen LogP contribution in [0.4, 0.5) is 4.39 Å². The van der Waals surface area contributed by atoms with Crippen molar-refractivity contribution in [1.82, 2.24) is 14.5 Å². The smallest absolute Gasteiger partial charge is 0.256 e. The number of hydrogen-bond donors (Lipinski definition) is 1. The molecule has 2 fully saturated rings. The Balaban J connectivity index is 1.40. The quantitative estimate of drug-likeness (QED) is 0.802. The summed E-state index contributed by atoms with van der Waals surface area (Å²) in [5.41, 5.74) is 2.96. The van der Waals surface area contributed by atoms with Crippen LogP contribution < -0.4 is 5.56 Å². The second-order valence-electron chi connectivity index (χ2n) is 7.94. The Morgan fingerprint density at radius 1 is 1.26 bits per heavy atom. The molecule has 1 aromatic carbocycles. The number of hydrogen-bond acceptors (Lipinski definition) is 4. The highest BCUT2D eigenvalue weighted by Gasteiger charge is 2.47. The summed E-state index contributed by atoms with van der Waals surface area (Å²) in [5.74, 6) is 2.94. The number of aromatic nitrogens is 2. The van der Waals surface area contributed by atoms with Crippen LogP contribution in [0.1, 0.15) is 35.0 Å². The number of benzene rings is 1.